The van der Waals surface area contributed by atoms with Gasteiger partial charge in [-0.15, -0.1) is 0 Å². The largest absolute Gasteiger partial charge is 0.493 e. The third kappa shape index (κ3) is 3.67. The third-order valence-electron chi connectivity index (χ3n) is 6.34. The van der Waals surface area contributed by atoms with E-state index in [9.17, 15) is 18.8 Å². The molecule has 2 aromatic heterocycles. The summed E-state index contributed by atoms with van der Waals surface area (Å²) in [7, 11) is 1.33. The number of H-pyrrole nitrogens is 1. The smallest absolute Gasteiger partial charge is 0.200 e. The molecule has 2 heterocycles. The van der Waals surface area contributed by atoms with Crippen molar-refractivity contribution in [2.24, 2.45) is 5.41 Å². The zero-order valence-electron chi connectivity index (χ0n) is 17.6. The maximum atomic E-state index is 14.5. The second-order valence-corrected chi connectivity index (χ2v) is 8.89. The molecule has 1 aliphatic rings. The van der Waals surface area contributed by atoms with Crippen molar-refractivity contribution in [2.45, 2.75) is 44.9 Å². The van der Waals surface area contributed by atoms with Crippen molar-refractivity contribution in [3.63, 3.8) is 0 Å². The Hall–Kier alpha value is -3.27. The van der Waals surface area contributed by atoms with Gasteiger partial charge >= 0.3 is 0 Å². The van der Waals surface area contributed by atoms with Crippen LogP contribution in [0.1, 0.15) is 61.9 Å². The molecule has 0 bridgehead atoms. The first-order chi connectivity index (χ1) is 14.8. The molecule has 3 aromatic rings. The lowest BCUT2D eigenvalue weighted by atomic mass is 9.64. The molecular formula is C24H23F2N3O2. The van der Waals surface area contributed by atoms with E-state index in [-0.39, 0.29) is 39.5 Å². The number of aromatic nitrogens is 2. The molecule has 0 spiro atoms. The summed E-state index contributed by atoms with van der Waals surface area (Å²) in [6, 6.07) is 7.83. The van der Waals surface area contributed by atoms with Crippen molar-refractivity contribution >= 4 is 10.9 Å². The molecule has 0 aliphatic heterocycles. The third-order valence-corrected chi connectivity index (χ3v) is 6.34. The highest BCUT2D eigenvalue weighted by atomic mass is 19.2. The number of methoxy groups -OCH3 is 1. The number of hydrogen-bond acceptors (Lipinski definition) is 4. The number of nitrogens with one attached hydrogen (secondary N) is 1. The molecule has 5 nitrogen and oxygen atoms in total. The van der Waals surface area contributed by atoms with Crippen molar-refractivity contribution < 1.29 is 13.5 Å². The molecule has 31 heavy (non-hydrogen) atoms. The minimum absolute atomic E-state index is 0.00786. The van der Waals surface area contributed by atoms with Crippen LogP contribution < -0.4 is 10.2 Å². The highest BCUT2D eigenvalue weighted by Gasteiger charge is 2.39. The summed E-state index contributed by atoms with van der Waals surface area (Å²) in [5.41, 5.74) is 1.62. The van der Waals surface area contributed by atoms with Gasteiger partial charge in [-0.3, -0.25) is 4.79 Å². The van der Waals surface area contributed by atoms with Gasteiger partial charge in [0.2, 0.25) is 5.82 Å². The number of ether oxygens (including phenoxy) is 1. The van der Waals surface area contributed by atoms with E-state index >= 15 is 0 Å². The zero-order valence-corrected chi connectivity index (χ0v) is 17.6. The maximum Gasteiger partial charge on any atom is 0.200 e. The number of aromatic amines is 1. The van der Waals surface area contributed by atoms with Gasteiger partial charge in [-0.25, -0.2) is 9.37 Å². The number of rotatable bonds is 3. The summed E-state index contributed by atoms with van der Waals surface area (Å²) in [5.74, 6) is -2.35. The zero-order chi connectivity index (χ0) is 22.3. The minimum atomic E-state index is -1.00. The Balaban J connectivity index is 1.89. The lowest BCUT2D eigenvalue weighted by Crippen LogP contribution is -2.29. The monoisotopic (exact) mass is 423 g/mol. The molecule has 160 valence electrons. The molecule has 4 rings (SSSR count). The predicted octanol–water partition coefficient (Wildman–Crippen LogP) is 5.16. The molecule has 7 heteroatoms. The highest BCUT2D eigenvalue weighted by Crippen LogP contribution is 2.52. The Morgan fingerprint density at radius 2 is 2.03 bits per heavy atom. The van der Waals surface area contributed by atoms with E-state index < -0.39 is 11.6 Å². The van der Waals surface area contributed by atoms with E-state index in [4.69, 9.17) is 4.74 Å². The van der Waals surface area contributed by atoms with Crippen LogP contribution in [-0.4, -0.2) is 17.1 Å². The molecule has 1 aromatic carbocycles. The van der Waals surface area contributed by atoms with Gasteiger partial charge in [0, 0.05) is 29.4 Å². The Bertz CT molecular complexity index is 1260. The van der Waals surface area contributed by atoms with Crippen LogP contribution in [-0.2, 0) is 0 Å². The number of benzene rings is 1. The minimum Gasteiger partial charge on any atom is -0.493 e. The van der Waals surface area contributed by atoms with Crippen molar-refractivity contribution in [3.05, 3.63) is 69.3 Å². The van der Waals surface area contributed by atoms with Gasteiger partial charge in [-0.05, 0) is 42.7 Å². The second kappa shape index (κ2) is 7.77. The van der Waals surface area contributed by atoms with Crippen LogP contribution >= 0.6 is 0 Å². The predicted molar refractivity (Wildman–Crippen MR) is 113 cm³/mol. The van der Waals surface area contributed by atoms with Crippen molar-refractivity contribution in [3.8, 4) is 11.8 Å². The number of pyridine rings is 2. The van der Waals surface area contributed by atoms with E-state index in [1.165, 1.54) is 19.4 Å². The van der Waals surface area contributed by atoms with E-state index in [2.05, 4.69) is 23.8 Å². The fourth-order valence-corrected chi connectivity index (χ4v) is 4.84. The summed E-state index contributed by atoms with van der Waals surface area (Å²) in [6.07, 6.45) is 3.89. The van der Waals surface area contributed by atoms with Crippen LogP contribution in [0, 0.1) is 28.4 Å². The topological polar surface area (TPSA) is 78.8 Å². The van der Waals surface area contributed by atoms with Crippen LogP contribution in [0.25, 0.3) is 10.9 Å². The molecule has 1 aliphatic carbocycles. The van der Waals surface area contributed by atoms with Gasteiger partial charge in [-0.1, -0.05) is 19.9 Å². The summed E-state index contributed by atoms with van der Waals surface area (Å²) >= 11 is 0. The van der Waals surface area contributed by atoms with Crippen LogP contribution in [0.4, 0.5) is 8.78 Å². The van der Waals surface area contributed by atoms with Gasteiger partial charge in [0.1, 0.15) is 6.07 Å². The quantitative estimate of drug-likeness (QED) is 0.631. The number of fused-ring (bicyclic) bond motifs is 1. The van der Waals surface area contributed by atoms with E-state index in [0.29, 0.717) is 16.8 Å². The van der Waals surface area contributed by atoms with Gasteiger partial charge in [-0.2, -0.15) is 9.65 Å². The van der Waals surface area contributed by atoms with Gasteiger partial charge in [0.25, 0.3) is 0 Å². The maximum absolute atomic E-state index is 14.5. The van der Waals surface area contributed by atoms with Crippen LogP contribution in [0.2, 0.25) is 0 Å². The molecule has 1 saturated carbocycles. The van der Waals surface area contributed by atoms with Gasteiger partial charge in [0.15, 0.2) is 22.7 Å². The first kappa shape index (κ1) is 21.0. The van der Waals surface area contributed by atoms with E-state index in [1.54, 1.807) is 12.1 Å². The molecule has 1 N–H and O–H groups in total. The van der Waals surface area contributed by atoms with E-state index in [1.807, 2.05) is 6.07 Å². The number of halogens is 2. The Morgan fingerprint density at radius 3 is 2.74 bits per heavy atom. The fourth-order valence-electron chi connectivity index (χ4n) is 4.84. The standard InChI is InChI=1S/C24H23F2N3O2/c1-24(2)8-6-13(15(11-24)14-4-5-16(25)22(26)23(14)31-3)18-10-20(30)21-17(29-18)7-9-28-19(21)12-27/h4-5,7,9-10,13,15H,6,8,11H2,1-3H3,(H,29,30)/t13-,15-/m1/s1. The van der Waals surface area contributed by atoms with Crippen molar-refractivity contribution in [1.29, 1.82) is 5.26 Å². The summed E-state index contributed by atoms with van der Waals surface area (Å²) in [4.78, 5) is 20.1. The molecule has 0 saturated heterocycles. The summed E-state index contributed by atoms with van der Waals surface area (Å²) in [5, 5.41) is 9.54. The van der Waals surface area contributed by atoms with Crippen LogP contribution in [0.3, 0.4) is 0 Å². The SMILES string of the molecule is COc1c([C@@H]2CC(C)(C)CC[C@H]2c2cc(=O)c3c(C#N)nccc3[nH]2)ccc(F)c1F. The van der Waals surface area contributed by atoms with Gasteiger partial charge < -0.3 is 9.72 Å². The Morgan fingerprint density at radius 1 is 1.26 bits per heavy atom. The van der Waals surface area contributed by atoms with Crippen molar-refractivity contribution in [2.75, 3.05) is 7.11 Å². The molecule has 2 atom stereocenters. The molecule has 1 fully saturated rings. The summed E-state index contributed by atoms with van der Waals surface area (Å²) in [6.45, 7) is 4.30. The fraction of sp³-hybridized carbons (Fsp3) is 0.375. The highest BCUT2D eigenvalue weighted by molar-refractivity contribution is 5.82. The summed E-state index contributed by atoms with van der Waals surface area (Å²) < 4.78 is 33.6. The Labute approximate surface area is 178 Å². The van der Waals surface area contributed by atoms with Gasteiger partial charge in [0.05, 0.1) is 18.0 Å². The molecular weight excluding hydrogens is 400 g/mol. The average molecular weight is 423 g/mol. The first-order valence-corrected chi connectivity index (χ1v) is 10.2. The second-order valence-electron chi connectivity index (χ2n) is 8.89. The lowest BCUT2D eigenvalue weighted by molar-refractivity contribution is 0.192. The molecule has 0 amide bonds. The molecule has 0 unspecified atom stereocenters. The number of nitriles is 1. The average Bonchev–Trinajstić information content (AvgIpc) is 2.74. The molecule has 0 radical (unpaired) electrons. The number of hydrogen-bond donors (Lipinski definition) is 1. The van der Waals surface area contributed by atoms with E-state index in [0.717, 1.165) is 25.3 Å². The number of nitrogens with zero attached hydrogens (tertiary/aromatic N) is 2. The van der Waals surface area contributed by atoms with Crippen LogP contribution in [0.15, 0.2) is 35.3 Å². The van der Waals surface area contributed by atoms with Crippen molar-refractivity contribution in [1.82, 2.24) is 9.97 Å². The normalized spacial score (nSPS) is 20.4. The van der Waals surface area contributed by atoms with Crippen LogP contribution in [0.5, 0.6) is 5.75 Å². The lowest BCUT2D eigenvalue weighted by Gasteiger charge is -2.41. The first-order valence-electron chi connectivity index (χ1n) is 10.2. The Kier molecular flexibility index (Phi) is 5.26.